The molecule has 0 fully saturated rings. The molecule has 0 unspecified atom stereocenters. The van der Waals surface area contributed by atoms with Gasteiger partial charge >= 0.3 is 0 Å². The van der Waals surface area contributed by atoms with Crippen LogP contribution in [0.5, 0.6) is 11.5 Å². The van der Waals surface area contributed by atoms with E-state index in [-0.39, 0.29) is 0 Å². The molecule has 0 atom stereocenters. The number of rotatable bonds is 7. The number of hydrazine groups is 1. The molecule has 0 bridgehead atoms. The normalized spacial score (nSPS) is 10.0. The van der Waals surface area contributed by atoms with E-state index in [0.29, 0.717) is 24.8 Å². The number of nitrogens with zero attached hydrogens (tertiary/aromatic N) is 1. The summed E-state index contributed by atoms with van der Waals surface area (Å²) < 4.78 is 11.1. The van der Waals surface area contributed by atoms with Crippen LogP contribution in [0.4, 0.5) is 17.3 Å². The third-order valence-corrected chi connectivity index (χ3v) is 2.72. The van der Waals surface area contributed by atoms with Gasteiger partial charge in [-0.25, -0.2) is 10.8 Å². The second-order valence-electron chi connectivity index (χ2n) is 4.20. The van der Waals surface area contributed by atoms with Gasteiger partial charge in [-0.3, -0.25) is 0 Å². The van der Waals surface area contributed by atoms with E-state index >= 15 is 0 Å². The van der Waals surface area contributed by atoms with E-state index in [1.807, 2.05) is 44.2 Å². The third-order valence-electron chi connectivity index (χ3n) is 2.72. The standard InChI is InChI=1S/C15H20N4O2/c1-3-20-11-8-9-13(21-4-2)12(10-11)17-14-6-5-7-15(18-14)19-16/h5-10H,3-4,16H2,1-2H3,(H2,17,18,19). The van der Waals surface area contributed by atoms with Crippen LogP contribution in [-0.4, -0.2) is 18.2 Å². The van der Waals surface area contributed by atoms with E-state index in [1.54, 1.807) is 6.07 Å². The van der Waals surface area contributed by atoms with Crippen molar-refractivity contribution >= 4 is 17.3 Å². The second kappa shape index (κ2) is 7.35. The first-order chi connectivity index (χ1) is 10.3. The molecule has 0 saturated carbocycles. The highest BCUT2D eigenvalue weighted by Gasteiger charge is 2.07. The number of aromatic nitrogens is 1. The first kappa shape index (κ1) is 14.9. The highest BCUT2D eigenvalue weighted by Crippen LogP contribution is 2.31. The Morgan fingerprint density at radius 1 is 1.05 bits per heavy atom. The summed E-state index contributed by atoms with van der Waals surface area (Å²) in [6, 6.07) is 11.1. The smallest absolute Gasteiger partial charge is 0.143 e. The Labute approximate surface area is 124 Å². The molecule has 0 amide bonds. The summed E-state index contributed by atoms with van der Waals surface area (Å²) in [5, 5.41) is 3.22. The quantitative estimate of drug-likeness (QED) is 0.537. The zero-order valence-electron chi connectivity index (χ0n) is 12.2. The van der Waals surface area contributed by atoms with Gasteiger partial charge in [-0.2, -0.15) is 0 Å². The molecule has 0 aliphatic rings. The monoisotopic (exact) mass is 288 g/mol. The van der Waals surface area contributed by atoms with Crippen molar-refractivity contribution < 1.29 is 9.47 Å². The fourth-order valence-electron chi connectivity index (χ4n) is 1.87. The molecule has 112 valence electrons. The lowest BCUT2D eigenvalue weighted by Crippen LogP contribution is -2.09. The highest BCUT2D eigenvalue weighted by molar-refractivity contribution is 5.67. The summed E-state index contributed by atoms with van der Waals surface area (Å²) in [7, 11) is 0. The Kier molecular flexibility index (Phi) is 5.22. The maximum Gasteiger partial charge on any atom is 0.143 e. The van der Waals surface area contributed by atoms with E-state index in [9.17, 15) is 0 Å². The van der Waals surface area contributed by atoms with Crippen LogP contribution in [0.1, 0.15) is 13.8 Å². The van der Waals surface area contributed by atoms with Crippen molar-refractivity contribution in [2.45, 2.75) is 13.8 Å². The largest absolute Gasteiger partial charge is 0.494 e. The maximum absolute atomic E-state index is 5.61. The van der Waals surface area contributed by atoms with Crippen LogP contribution in [0.2, 0.25) is 0 Å². The van der Waals surface area contributed by atoms with Crippen LogP contribution < -0.4 is 26.1 Å². The number of anilines is 3. The van der Waals surface area contributed by atoms with Crippen molar-refractivity contribution in [1.29, 1.82) is 0 Å². The van der Waals surface area contributed by atoms with Crippen molar-refractivity contribution in [2.24, 2.45) is 5.84 Å². The summed E-state index contributed by atoms with van der Waals surface area (Å²) in [4.78, 5) is 4.32. The number of nitrogens with two attached hydrogens (primary N) is 1. The molecule has 1 heterocycles. The first-order valence-corrected chi connectivity index (χ1v) is 6.87. The summed E-state index contributed by atoms with van der Waals surface area (Å²) in [5.41, 5.74) is 3.31. The molecule has 6 heteroatoms. The molecule has 0 saturated heterocycles. The van der Waals surface area contributed by atoms with Crippen LogP contribution in [0.15, 0.2) is 36.4 Å². The summed E-state index contributed by atoms with van der Waals surface area (Å²) in [5.74, 6) is 8.14. The Hall–Kier alpha value is -2.47. The Bertz CT molecular complexity index is 590. The lowest BCUT2D eigenvalue weighted by molar-refractivity contribution is 0.332. The zero-order valence-corrected chi connectivity index (χ0v) is 12.2. The minimum absolute atomic E-state index is 0.582. The van der Waals surface area contributed by atoms with Gasteiger partial charge < -0.3 is 20.2 Å². The number of nitrogens with one attached hydrogen (secondary N) is 2. The highest BCUT2D eigenvalue weighted by atomic mass is 16.5. The van der Waals surface area contributed by atoms with Gasteiger partial charge in [0, 0.05) is 6.07 Å². The van der Waals surface area contributed by atoms with Crippen LogP contribution in [0.25, 0.3) is 0 Å². The predicted molar refractivity (Wildman–Crippen MR) is 84.1 cm³/mol. The maximum atomic E-state index is 5.61. The predicted octanol–water partition coefficient (Wildman–Crippen LogP) is 2.91. The van der Waals surface area contributed by atoms with Crippen LogP contribution >= 0.6 is 0 Å². The van der Waals surface area contributed by atoms with Gasteiger partial charge in [0.2, 0.25) is 0 Å². The average Bonchev–Trinajstić information content (AvgIpc) is 2.50. The molecule has 0 aliphatic carbocycles. The minimum atomic E-state index is 0.582. The van der Waals surface area contributed by atoms with Gasteiger partial charge in [-0.1, -0.05) is 6.07 Å². The van der Waals surface area contributed by atoms with Crippen molar-refractivity contribution in [3.63, 3.8) is 0 Å². The second-order valence-corrected chi connectivity index (χ2v) is 4.20. The van der Waals surface area contributed by atoms with Gasteiger partial charge in [0.1, 0.15) is 23.1 Å². The van der Waals surface area contributed by atoms with Crippen molar-refractivity contribution in [3.8, 4) is 11.5 Å². The van der Waals surface area contributed by atoms with Crippen molar-refractivity contribution in [3.05, 3.63) is 36.4 Å². The van der Waals surface area contributed by atoms with E-state index in [2.05, 4.69) is 15.7 Å². The molecule has 6 nitrogen and oxygen atoms in total. The number of pyridine rings is 1. The van der Waals surface area contributed by atoms with E-state index in [1.165, 1.54) is 0 Å². The number of nitrogen functional groups attached to an aromatic ring is 1. The molecule has 4 N–H and O–H groups in total. The molecule has 0 radical (unpaired) electrons. The van der Waals surface area contributed by atoms with Crippen LogP contribution in [-0.2, 0) is 0 Å². The Morgan fingerprint density at radius 2 is 1.81 bits per heavy atom. The lowest BCUT2D eigenvalue weighted by Gasteiger charge is -2.14. The summed E-state index contributed by atoms with van der Waals surface area (Å²) in [6.07, 6.45) is 0. The van der Waals surface area contributed by atoms with Crippen molar-refractivity contribution in [2.75, 3.05) is 24.0 Å². The molecule has 1 aromatic carbocycles. The first-order valence-electron chi connectivity index (χ1n) is 6.87. The molecular formula is C15H20N4O2. The van der Waals surface area contributed by atoms with Gasteiger partial charge in [0.25, 0.3) is 0 Å². The summed E-state index contributed by atoms with van der Waals surface area (Å²) >= 11 is 0. The summed E-state index contributed by atoms with van der Waals surface area (Å²) in [6.45, 7) is 5.08. The molecular weight excluding hydrogens is 268 g/mol. The lowest BCUT2D eigenvalue weighted by atomic mass is 10.2. The zero-order chi connectivity index (χ0) is 15.1. The van der Waals surface area contributed by atoms with E-state index in [4.69, 9.17) is 15.3 Å². The minimum Gasteiger partial charge on any atom is -0.494 e. The van der Waals surface area contributed by atoms with Crippen molar-refractivity contribution in [1.82, 2.24) is 4.98 Å². The number of ether oxygens (including phenoxy) is 2. The van der Waals surface area contributed by atoms with Crippen LogP contribution in [0, 0.1) is 0 Å². The molecule has 0 spiro atoms. The van der Waals surface area contributed by atoms with Gasteiger partial charge in [-0.05, 0) is 38.1 Å². The van der Waals surface area contributed by atoms with E-state index in [0.717, 1.165) is 17.2 Å². The number of hydrogen-bond acceptors (Lipinski definition) is 6. The number of hydrogen-bond donors (Lipinski definition) is 3. The third kappa shape index (κ3) is 4.00. The molecule has 1 aromatic heterocycles. The van der Waals surface area contributed by atoms with E-state index < -0.39 is 0 Å². The molecule has 21 heavy (non-hydrogen) atoms. The number of benzene rings is 1. The fraction of sp³-hybridized carbons (Fsp3) is 0.267. The molecule has 2 aromatic rings. The van der Waals surface area contributed by atoms with Crippen LogP contribution in [0.3, 0.4) is 0 Å². The SMILES string of the molecule is CCOc1ccc(OCC)c(Nc2cccc(NN)n2)c1. The fourth-order valence-corrected chi connectivity index (χ4v) is 1.87. The Balaban J connectivity index is 2.28. The van der Waals surface area contributed by atoms with Gasteiger partial charge in [-0.15, -0.1) is 0 Å². The topological polar surface area (TPSA) is 81.4 Å². The Morgan fingerprint density at radius 3 is 2.52 bits per heavy atom. The molecule has 0 aliphatic heterocycles. The van der Waals surface area contributed by atoms with Gasteiger partial charge in [0.05, 0.1) is 18.9 Å². The molecule has 2 rings (SSSR count). The average molecular weight is 288 g/mol. The van der Waals surface area contributed by atoms with Gasteiger partial charge in [0.15, 0.2) is 0 Å².